The molecule has 2 aliphatic carbocycles. The topological polar surface area (TPSA) is 182 Å². The lowest BCUT2D eigenvalue weighted by Gasteiger charge is -2.37. The quantitative estimate of drug-likeness (QED) is 0.254. The van der Waals surface area contributed by atoms with Crippen molar-refractivity contribution in [2.24, 2.45) is 0 Å². The molecule has 2 aromatic carbocycles. The number of aliphatic hydroxyl groups is 2. The first-order valence-corrected chi connectivity index (χ1v) is 11.9. The SMILES string of the molecule is CCCNC(=O)CCNC(=O)OC[C@@]1(O)Cc2c(O)c3c(c(O)c2[C@@H](O)C1)C(=O)c1ccccc1C3=O. The molecule has 2 amide bonds. The predicted molar refractivity (Wildman–Crippen MR) is 129 cm³/mol. The number of fused-ring (bicyclic) bond motifs is 3. The Balaban J connectivity index is 1.52. The number of carbonyl (C=O) groups is 4. The molecule has 2 atom stereocenters. The molecule has 0 aromatic heterocycles. The standard InChI is InChI=1S/C26H28N2O9/c1-2-8-27-17(30)7-9-28-25(35)37-12-26(36)10-15-18(16(29)11-26)24(34)20-19(23(15)33)21(31)13-5-3-4-6-14(13)22(20)32/h3-6,16,29,33-34,36H,2,7-12H2,1H3,(H,27,30)(H,28,35)/t16-,26+/m0/s1. The molecule has 0 bridgehead atoms. The molecule has 0 unspecified atom stereocenters. The van der Waals surface area contributed by atoms with Gasteiger partial charge in [0.05, 0.1) is 17.2 Å². The summed E-state index contributed by atoms with van der Waals surface area (Å²) in [6, 6.07) is 5.99. The number of hydrogen-bond acceptors (Lipinski definition) is 9. The second kappa shape index (κ2) is 10.2. The van der Waals surface area contributed by atoms with Gasteiger partial charge in [0.25, 0.3) is 0 Å². The van der Waals surface area contributed by atoms with Gasteiger partial charge in [0.15, 0.2) is 11.6 Å². The molecule has 4 rings (SSSR count). The molecule has 196 valence electrons. The molecule has 11 nitrogen and oxygen atoms in total. The fraction of sp³-hybridized carbons (Fsp3) is 0.385. The number of phenolic OH excluding ortho intramolecular Hbond substituents is 2. The molecule has 2 aromatic rings. The van der Waals surface area contributed by atoms with E-state index in [2.05, 4.69) is 10.6 Å². The molecule has 11 heteroatoms. The Morgan fingerprint density at radius 2 is 1.65 bits per heavy atom. The minimum absolute atomic E-state index is 0.0106. The summed E-state index contributed by atoms with van der Waals surface area (Å²) in [6.07, 6.45) is -2.35. The first-order chi connectivity index (χ1) is 17.6. The van der Waals surface area contributed by atoms with Crippen LogP contribution in [0, 0.1) is 0 Å². The van der Waals surface area contributed by atoms with Gasteiger partial charge in [-0.2, -0.15) is 0 Å². The van der Waals surface area contributed by atoms with Crippen molar-refractivity contribution >= 4 is 23.6 Å². The van der Waals surface area contributed by atoms with E-state index in [9.17, 15) is 39.6 Å². The van der Waals surface area contributed by atoms with E-state index in [0.29, 0.717) is 6.54 Å². The van der Waals surface area contributed by atoms with E-state index >= 15 is 0 Å². The van der Waals surface area contributed by atoms with Crippen LogP contribution >= 0.6 is 0 Å². The molecule has 0 aliphatic heterocycles. The predicted octanol–water partition coefficient (Wildman–Crippen LogP) is 1.23. The van der Waals surface area contributed by atoms with Crippen molar-refractivity contribution in [3.8, 4) is 11.5 Å². The van der Waals surface area contributed by atoms with Crippen LogP contribution in [0.15, 0.2) is 24.3 Å². The van der Waals surface area contributed by atoms with Gasteiger partial charge in [-0.15, -0.1) is 0 Å². The van der Waals surface area contributed by atoms with Crippen molar-refractivity contribution < 1.29 is 44.3 Å². The summed E-state index contributed by atoms with van der Waals surface area (Å²) in [6.45, 7) is 1.87. The summed E-state index contributed by atoms with van der Waals surface area (Å²) in [7, 11) is 0. The van der Waals surface area contributed by atoms with Crippen molar-refractivity contribution in [3.05, 3.63) is 57.6 Å². The molecule has 37 heavy (non-hydrogen) atoms. The Bertz CT molecular complexity index is 1290. The van der Waals surface area contributed by atoms with Gasteiger partial charge in [0.1, 0.15) is 23.7 Å². The van der Waals surface area contributed by atoms with Crippen LogP contribution in [0.5, 0.6) is 11.5 Å². The fourth-order valence-corrected chi connectivity index (χ4v) is 4.78. The number of aliphatic hydroxyl groups excluding tert-OH is 1. The average Bonchev–Trinajstić information content (AvgIpc) is 2.86. The first kappa shape index (κ1) is 26.1. The maximum absolute atomic E-state index is 13.1. The lowest BCUT2D eigenvalue weighted by molar-refractivity contribution is -0.120. The van der Waals surface area contributed by atoms with Crippen molar-refractivity contribution in [3.63, 3.8) is 0 Å². The number of amides is 2. The number of nitrogens with one attached hydrogen (secondary N) is 2. The van der Waals surface area contributed by atoms with Crippen LogP contribution in [0.4, 0.5) is 4.79 Å². The molecule has 2 aliphatic rings. The van der Waals surface area contributed by atoms with E-state index in [0.717, 1.165) is 6.42 Å². The number of hydrogen-bond donors (Lipinski definition) is 6. The molecule has 6 N–H and O–H groups in total. The second-order valence-electron chi connectivity index (χ2n) is 9.27. The summed E-state index contributed by atoms with van der Waals surface area (Å²) in [5, 5.41) is 48.8. The minimum Gasteiger partial charge on any atom is -0.507 e. The molecule has 0 fully saturated rings. The highest BCUT2D eigenvalue weighted by atomic mass is 16.6. The summed E-state index contributed by atoms with van der Waals surface area (Å²) in [4.78, 5) is 49.8. The summed E-state index contributed by atoms with van der Waals surface area (Å²) >= 11 is 0. The van der Waals surface area contributed by atoms with Crippen LogP contribution in [0.3, 0.4) is 0 Å². The van der Waals surface area contributed by atoms with E-state index < -0.39 is 58.6 Å². The van der Waals surface area contributed by atoms with Gasteiger partial charge in [-0.05, 0) is 6.42 Å². The van der Waals surface area contributed by atoms with Gasteiger partial charge in [-0.1, -0.05) is 31.2 Å². The maximum Gasteiger partial charge on any atom is 0.407 e. The third-order valence-corrected chi connectivity index (χ3v) is 6.54. The Kier molecular flexibility index (Phi) is 7.19. The molecular formula is C26H28N2O9. The van der Waals surface area contributed by atoms with Crippen molar-refractivity contribution in [1.82, 2.24) is 10.6 Å². The summed E-state index contributed by atoms with van der Waals surface area (Å²) < 4.78 is 5.07. The van der Waals surface area contributed by atoms with Crippen LogP contribution in [-0.4, -0.2) is 69.3 Å². The van der Waals surface area contributed by atoms with E-state index in [-0.39, 0.29) is 54.0 Å². The normalized spacial score (nSPS) is 19.9. The Morgan fingerprint density at radius 1 is 1.03 bits per heavy atom. The molecule has 0 spiro atoms. The average molecular weight is 513 g/mol. The van der Waals surface area contributed by atoms with Crippen molar-refractivity contribution in [2.45, 2.75) is 44.3 Å². The number of benzene rings is 2. The van der Waals surface area contributed by atoms with Crippen molar-refractivity contribution in [1.29, 1.82) is 0 Å². The third kappa shape index (κ3) is 4.87. The largest absolute Gasteiger partial charge is 0.507 e. The van der Waals surface area contributed by atoms with E-state index in [4.69, 9.17) is 4.74 Å². The number of ether oxygens (including phenoxy) is 1. The zero-order chi connectivity index (χ0) is 26.9. The number of ketones is 2. The fourth-order valence-electron chi connectivity index (χ4n) is 4.78. The smallest absolute Gasteiger partial charge is 0.407 e. The van der Waals surface area contributed by atoms with Crippen LogP contribution < -0.4 is 10.6 Å². The van der Waals surface area contributed by atoms with Crippen LogP contribution in [0.2, 0.25) is 0 Å². The Labute approximate surface area is 212 Å². The third-order valence-electron chi connectivity index (χ3n) is 6.54. The number of rotatable bonds is 7. The zero-order valence-corrected chi connectivity index (χ0v) is 20.2. The van der Waals surface area contributed by atoms with Gasteiger partial charge >= 0.3 is 6.09 Å². The molecule has 0 radical (unpaired) electrons. The second-order valence-corrected chi connectivity index (χ2v) is 9.27. The number of aromatic hydroxyl groups is 2. The highest BCUT2D eigenvalue weighted by molar-refractivity contribution is 6.30. The van der Waals surface area contributed by atoms with E-state index in [1.165, 1.54) is 12.1 Å². The van der Waals surface area contributed by atoms with Gasteiger partial charge in [-0.25, -0.2) is 4.79 Å². The van der Waals surface area contributed by atoms with Gasteiger partial charge in [-0.3, -0.25) is 14.4 Å². The van der Waals surface area contributed by atoms with Crippen LogP contribution in [0.25, 0.3) is 0 Å². The first-order valence-electron chi connectivity index (χ1n) is 11.9. The Morgan fingerprint density at radius 3 is 2.27 bits per heavy atom. The number of phenols is 2. The van der Waals surface area contributed by atoms with Gasteiger partial charge in [0.2, 0.25) is 5.91 Å². The lowest BCUT2D eigenvalue weighted by Crippen LogP contribution is -2.44. The number of carbonyl (C=O) groups excluding carboxylic acids is 4. The highest BCUT2D eigenvalue weighted by Gasteiger charge is 2.45. The summed E-state index contributed by atoms with van der Waals surface area (Å²) in [5.74, 6) is -2.84. The van der Waals surface area contributed by atoms with E-state index in [1.807, 2.05) is 6.92 Å². The van der Waals surface area contributed by atoms with Gasteiger partial charge in [0, 0.05) is 54.6 Å². The van der Waals surface area contributed by atoms with E-state index in [1.54, 1.807) is 12.1 Å². The molecular weight excluding hydrogens is 484 g/mol. The van der Waals surface area contributed by atoms with Crippen LogP contribution in [-0.2, 0) is 16.0 Å². The highest BCUT2D eigenvalue weighted by Crippen LogP contribution is 2.50. The number of alkyl carbamates (subject to hydrolysis) is 1. The zero-order valence-electron chi connectivity index (χ0n) is 20.2. The molecule has 0 saturated carbocycles. The summed E-state index contributed by atoms with van der Waals surface area (Å²) in [5.41, 5.74) is -2.80. The van der Waals surface area contributed by atoms with Crippen molar-refractivity contribution in [2.75, 3.05) is 19.7 Å². The lowest BCUT2D eigenvalue weighted by atomic mass is 9.73. The molecule has 0 saturated heterocycles. The molecule has 0 heterocycles. The monoisotopic (exact) mass is 512 g/mol. The Hall–Kier alpha value is -3.96. The van der Waals surface area contributed by atoms with Crippen LogP contribution in [0.1, 0.15) is 75.3 Å². The minimum atomic E-state index is -1.85. The van der Waals surface area contributed by atoms with Gasteiger partial charge < -0.3 is 35.8 Å². The maximum atomic E-state index is 13.1.